The third-order valence-corrected chi connectivity index (χ3v) is 5.59. The maximum Gasteiger partial charge on any atom is 0.244 e. The second-order valence-electron chi connectivity index (χ2n) is 3.59. The van der Waals surface area contributed by atoms with E-state index in [0.717, 1.165) is 0 Å². The molecule has 4 nitrogen and oxygen atoms in total. The van der Waals surface area contributed by atoms with Crippen molar-refractivity contribution in [2.75, 3.05) is 26.3 Å². The van der Waals surface area contributed by atoms with Gasteiger partial charge in [0, 0.05) is 22.6 Å². The molecule has 1 aliphatic rings. The minimum atomic E-state index is -3.46. The molecule has 7 heteroatoms. The monoisotopic (exact) mass is 339 g/mol. The first-order valence-electron chi connectivity index (χ1n) is 5.05. The summed E-state index contributed by atoms with van der Waals surface area (Å²) in [6.07, 6.45) is 0. The van der Waals surface area contributed by atoms with Gasteiger partial charge in [0.2, 0.25) is 10.0 Å². The van der Waals surface area contributed by atoms with Gasteiger partial charge in [0.15, 0.2) is 0 Å². The molecule has 0 unspecified atom stereocenters. The quantitative estimate of drug-likeness (QED) is 0.828. The van der Waals surface area contributed by atoms with Gasteiger partial charge >= 0.3 is 0 Å². The van der Waals surface area contributed by atoms with E-state index in [1.54, 1.807) is 12.1 Å². The SMILES string of the molecule is O=S(=O)(c1ccc(Cl)cc1Br)N1CCOCC1. The fraction of sp³-hybridized carbons (Fsp3) is 0.400. The van der Waals surface area contributed by atoms with Crippen LogP contribution in [0.15, 0.2) is 27.6 Å². The predicted molar refractivity (Wildman–Crippen MR) is 68.7 cm³/mol. The van der Waals surface area contributed by atoms with Crippen LogP contribution in [0.5, 0.6) is 0 Å². The third-order valence-electron chi connectivity index (χ3n) is 2.48. The van der Waals surface area contributed by atoms with Crippen molar-refractivity contribution in [1.82, 2.24) is 4.31 Å². The number of nitrogens with zero attached hydrogens (tertiary/aromatic N) is 1. The van der Waals surface area contributed by atoms with Gasteiger partial charge in [-0.2, -0.15) is 4.31 Å². The maximum absolute atomic E-state index is 12.3. The van der Waals surface area contributed by atoms with Crippen LogP contribution < -0.4 is 0 Å². The van der Waals surface area contributed by atoms with Gasteiger partial charge in [-0.1, -0.05) is 11.6 Å². The summed E-state index contributed by atoms with van der Waals surface area (Å²) < 4.78 is 31.7. The molecule has 0 atom stereocenters. The Morgan fingerprint density at radius 3 is 2.53 bits per heavy atom. The largest absolute Gasteiger partial charge is 0.379 e. The normalized spacial score (nSPS) is 18.2. The molecule has 1 heterocycles. The molecule has 1 saturated heterocycles. The lowest BCUT2D eigenvalue weighted by molar-refractivity contribution is 0.0730. The predicted octanol–water partition coefficient (Wildman–Crippen LogP) is 2.12. The van der Waals surface area contributed by atoms with Crippen molar-refractivity contribution in [2.45, 2.75) is 4.90 Å². The smallest absolute Gasteiger partial charge is 0.244 e. The Morgan fingerprint density at radius 1 is 1.29 bits per heavy atom. The van der Waals surface area contributed by atoms with Crippen LogP contribution in [0.25, 0.3) is 0 Å². The van der Waals surface area contributed by atoms with Crippen molar-refractivity contribution in [1.29, 1.82) is 0 Å². The molecule has 0 saturated carbocycles. The summed E-state index contributed by atoms with van der Waals surface area (Å²) in [5.41, 5.74) is 0. The highest BCUT2D eigenvalue weighted by atomic mass is 79.9. The average Bonchev–Trinajstić information content (AvgIpc) is 2.29. The van der Waals surface area contributed by atoms with Gasteiger partial charge in [0.25, 0.3) is 0 Å². The van der Waals surface area contributed by atoms with Gasteiger partial charge < -0.3 is 4.74 Å². The number of ether oxygens (including phenoxy) is 1. The fourth-order valence-corrected chi connectivity index (χ4v) is 4.36. The van der Waals surface area contributed by atoms with E-state index in [4.69, 9.17) is 16.3 Å². The molecule has 0 bridgehead atoms. The summed E-state index contributed by atoms with van der Waals surface area (Å²) in [5.74, 6) is 0. The van der Waals surface area contributed by atoms with Crippen LogP contribution in [-0.2, 0) is 14.8 Å². The molecule has 1 aromatic rings. The number of hydrogen-bond donors (Lipinski definition) is 0. The molecule has 0 radical (unpaired) electrons. The third kappa shape index (κ3) is 2.82. The molecule has 94 valence electrons. The minimum absolute atomic E-state index is 0.240. The van der Waals surface area contributed by atoms with Crippen molar-refractivity contribution in [2.24, 2.45) is 0 Å². The van der Waals surface area contributed by atoms with E-state index in [2.05, 4.69) is 15.9 Å². The Morgan fingerprint density at radius 2 is 1.94 bits per heavy atom. The Balaban J connectivity index is 2.37. The van der Waals surface area contributed by atoms with Crippen LogP contribution in [0.1, 0.15) is 0 Å². The van der Waals surface area contributed by atoms with Gasteiger partial charge in [0.05, 0.1) is 18.1 Å². The highest BCUT2D eigenvalue weighted by Gasteiger charge is 2.27. The first-order chi connectivity index (χ1) is 8.01. The van der Waals surface area contributed by atoms with Gasteiger partial charge in [-0.05, 0) is 34.1 Å². The van der Waals surface area contributed by atoms with Crippen LogP contribution in [0.4, 0.5) is 0 Å². The van der Waals surface area contributed by atoms with Crippen LogP contribution in [0, 0.1) is 0 Å². The first kappa shape index (κ1) is 13.3. The van der Waals surface area contributed by atoms with Gasteiger partial charge in [-0.15, -0.1) is 0 Å². The first-order valence-corrected chi connectivity index (χ1v) is 7.66. The maximum atomic E-state index is 12.3. The molecule has 0 N–H and O–H groups in total. The summed E-state index contributed by atoms with van der Waals surface area (Å²) in [6.45, 7) is 1.64. The summed E-state index contributed by atoms with van der Waals surface area (Å²) >= 11 is 9.02. The van der Waals surface area contributed by atoms with E-state index in [1.165, 1.54) is 10.4 Å². The number of hydrogen-bond acceptors (Lipinski definition) is 3. The Bertz CT molecular complexity index is 514. The number of benzene rings is 1. The second-order valence-corrected chi connectivity index (χ2v) is 6.79. The van der Waals surface area contributed by atoms with Gasteiger partial charge in [-0.3, -0.25) is 0 Å². The molecule has 2 rings (SSSR count). The Labute approximate surface area is 114 Å². The van der Waals surface area contributed by atoms with E-state index in [1.807, 2.05) is 0 Å². The standard InChI is InChI=1S/C10H11BrClNO3S/c11-9-7-8(12)1-2-10(9)17(14,15)13-3-5-16-6-4-13/h1-2,7H,3-6H2. The molecule has 0 aliphatic carbocycles. The molecule has 0 spiro atoms. The van der Waals surface area contributed by atoms with Crippen LogP contribution in [-0.4, -0.2) is 39.0 Å². The molecular formula is C10H11BrClNO3S. The zero-order valence-corrected chi connectivity index (χ0v) is 12.1. The van der Waals surface area contributed by atoms with Crippen LogP contribution in [0.2, 0.25) is 5.02 Å². The summed E-state index contributed by atoms with van der Waals surface area (Å²) in [7, 11) is -3.46. The highest BCUT2D eigenvalue weighted by molar-refractivity contribution is 9.10. The van der Waals surface area contributed by atoms with E-state index < -0.39 is 10.0 Å². The number of rotatable bonds is 2. The average molecular weight is 341 g/mol. The van der Waals surface area contributed by atoms with Crippen molar-refractivity contribution in [3.8, 4) is 0 Å². The molecular weight excluding hydrogens is 330 g/mol. The summed E-state index contributed by atoms with van der Waals surface area (Å²) in [6, 6.07) is 4.66. The van der Waals surface area contributed by atoms with Gasteiger partial charge in [0.1, 0.15) is 0 Å². The summed E-state index contributed by atoms with van der Waals surface area (Å²) in [5, 5.41) is 0.498. The molecule has 0 amide bonds. The Hall–Kier alpha value is -0.140. The number of morpholine rings is 1. The van der Waals surface area contributed by atoms with Crippen LogP contribution >= 0.6 is 27.5 Å². The van der Waals surface area contributed by atoms with E-state index in [0.29, 0.717) is 35.8 Å². The zero-order valence-electron chi connectivity index (χ0n) is 8.90. The molecule has 17 heavy (non-hydrogen) atoms. The lowest BCUT2D eigenvalue weighted by Crippen LogP contribution is -2.40. The van der Waals surface area contributed by atoms with Crippen molar-refractivity contribution in [3.05, 3.63) is 27.7 Å². The fourth-order valence-electron chi connectivity index (χ4n) is 1.61. The molecule has 1 fully saturated rings. The molecule has 0 aromatic heterocycles. The van der Waals surface area contributed by atoms with Gasteiger partial charge in [-0.25, -0.2) is 8.42 Å². The van der Waals surface area contributed by atoms with Crippen molar-refractivity contribution < 1.29 is 13.2 Å². The lowest BCUT2D eigenvalue weighted by atomic mass is 10.4. The highest BCUT2D eigenvalue weighted by Crippen LogP contribution is 2.28. The van der Waals surface area contributed by atoms with Crippen molar-refractivity contribution >= 4 is 37.6 Å². The van der Waals surface area contributed by atoms with E-state index >= 15 is 0 Å². The topological polar surface area (TPSA) is 46.6 Å². The minimum Gasteiger partial charge on any atom is -0.379 e. The number of sulfonamides is 1. The Kier molecular flexibility index (Phi) is 4.10. The van der Waals surface area contributed by atoms with Crippen molar-refractivity contribution in [3.63, 3.8) is 0 Å². The van der Waals surface area contributed by atoms with E-state index in [9.17, 15) is 8.42 Å². The molecule has 1 aromatic carbocycles. The van der Waals surface area contributed by atoms with E-state index in [-0.39, 0.29) is 4.90 Å². The zero-order chi connectivity index (χ0) is 12.5. The summed E-state index contributed by atoms with van der Waals surface area (Å²) in [4.78, 5) is 0.240. The molecule has 1 aliphatic heterocycles. The van der Waals surface area contributed by atoms with Crippen LogP contribution in [0.3, 0.4) is 0 Å². The second kappa shape index (κ2) is 5.24. The number of halogens is 2. The lowest BCUT2D eigenvalue weighted by Gasteiger charge is -2.26.